The molecule has 2 aromatic rings. The van der Waals surface area contributed by atoms with Gasteiger partial charge in [-0.2, -0.15) is 13.2 Å². The van der Waals surface area contributed by atoms with Crippen molar-refractivity contribution >= 4 is 33.5 Å². The van der Waals surface area contributed by atoms with Crippen LogP contribution in [-0.2, 0) is 27.8 Å². The first kappa shape index (κ1) is 21.9. The summed E-state index contributed by atoms with van der Waals surface area (Å²) >= 11 is -1.42. The maximum absolute atomic E-state index is 13.5. The van der Waals surface area contributed by atoms with E-state index in [1.807, 2.05) is 0 Å². The molecule has 1 aromatic heterocycles. The maximum atomic E-state index is 13.5. The average molecular weight is 446 g/mol. The van der Waals surface area contributed by atoms with E-state index in [2.05, 4.69) is 10.3 Å². The standard InChI is InChI=1S/C19H21F3N2O3S2/c20-19(21,22)16-10-13(5-6-14(16)11-29(26)27)15(9-12-3-1-2-4-12)17(25)24-18-23-7-8-28-18/h5-8,10,12,15H,1-4,9,11H2,(H,26,27)(H,23,24,25)/p-1. The molecule has 29 heavy (non-hydrogen) atoms. The number of thiazole rings is 1. The molecule has 1 amide bonds. The summed E-state index contributed by atoms with van der Waals surface area (Å²) in [5.41, 5.74) is -1.11. The van der Waals surface area contributed by atoms with Crippen molar-refractivity contribution in [2.24, 2.45) is 5.92 Å². The molecule has 0 saturated heterocycles. The molecule has 0 spiro atoms. The highest BCUT2D eigenvalue weighted by Crippen LogP contribution is 2.38. The van der Waals surface area contributed by atoms with Gasteiger partial charge in [0, 0.05) is 17.3 Å². The third-order valence-electron chi connectivity index (χ3n) is 5.14. The van der Waals surface area contributed by atoms with Crippen LogP contribution in [0.15, 0.2) is 29.8 Å². The van der Waals surface area contributed by atoms with Crippen molar-refractivity contribution in [3.05, 3.63) is 46.5 Å². The zero-order valence-electron chi connectivity index (χ0n) is 15.4. The number of aromatic nitrogens is 1. The summed E-state index contributed by atoms with van der Waals surface area (Å²) in [7, 11) is 0. The molecular formula is C19H20F3N2O3S2-. The Morgan fingerprint density at radius 1 is 1.34 bits per heavy atom. The lowest BCUT2D eigenvalue weighted by Crippen LogP contribution is -2.24. The van der Waals surface area contributed by atoms with Gasteiger partial charge in [-0.25, -0.2) is 4.98 Å². The van der Waals surface area contributed by atoms with Crippen molar-refractivity contribution in [3.63, 3.8) is 0 Å². The number of carbonyl (C=O) groups is 1. The first-order valence-electron chi connectivity index (χ1n) is 9.20. The number of carbonyl (C=O) groups excluding carboxylic acids is 1. The van der Waals surface area contributed by atoms with Gasteiger partial charge in [-0.1, -0.05) is 48.9 Å². The van der Waals surface area contributed by atoms with Crippen molar-refractivity contribution in [1.29, 1.82) is 0 Å². The predicted molar refractivity (Wildman–Crippen MR) is 104 cm³/mol. The topological polar surface area (TPSA) is 82.1 Å². The van der Waals surface area contributed by atoms with Crippen LogP contribution in [0, 0.1) is 5.92 Å². The SMILES string of the molecule is O=C(Nc1nccs1)C(CC1CCCC1)c1ccc(CS(=O)[O-])c(C(F)(F)F)c1. The number of nitrogens with zero attached hydrogens (tertiary/aromatic N) is 1. The monoisotopic (exact) mass is 445 g/mol. The lowest BCUT2D eigenvalue weighted by Gasteiger charge is -2.22. The highest BCUT2D eigenvalue weighted by Gasteiger charge is 2.35. The van der Waals surface area contributed by atoms with Gasteiger partial charge >= 0.3 is 6.18 Å². The Morgan fingerprint density at radius 2 is 2.07 bits per heavy atom. The van der Waals surface area contributed by atoms with Crippen LogP contribution in [0.3, 0.4) is 0 Å². The molecule has 0 aliphatic heterocycles. The van der Waals surface area contributed by atoms with Crippen molar-refractivity contribution in [1.82, 2.24) is 4.98 Å². The van der Waals surface area contributed by atoms with Crippen LogP contribution in [0.2, 0.25) is 0 Å². The van der Waals surface area contributed by atoms with E-state index in [1.165, 1.54) is 23.6 Å². The Kier molecular flexibility index (Phi) is 7.07. The first-order valence-corrected chi connectivity index (χ1v) is 11.3. The van der Waals surface area contributed by atoms with E-state index >= 15 is 0 Å². The van der Waals surface area contributed by atoms with Crippen LogP contribution in [-0.4, -0.2) is 19.7 Å². The molecule has 0 radical (unpaired) electrons. The average Bonchev–Trinajstić information content (AvgIpc) is 3.32. The van der Waals surface area contributed by atoms with Crippen LogP contribution < -0.4 is 5.32 Å². The zero-order chi connectivity index (χ0) is 21.0. The van der Waals surface area contributed by atoms with Crippen molar-refractivity contribution in [2.45, 2.75) is 50.0 Å². The summed E-state index contributed by atoms with van der Waals surface area (Å²) in [6.07, 6.45) is 1.25. The molecule has 1 fully saturated rings. The van der Waals surface area contributed by atoms with Gasteiger partial charge in [0.2, 0.25) is 5.91 Å². The Morgan fingerprint density at radius 3 is 2.66 bits per heavy atom. The van der Waals surface area contributed by atoms with E-state index in [0.29, 0.717) is 11.6 Å². The maximum Gasteiger partial charge on any atom is 0.416 e. The minimum absolute atomic E-state index is 0.235. The lowest BCUT2D eigenvalue weighted by molar-refractivity contribution is -0.138. The Bertz CT molecular complexity index is 866. The minimum Gasteiger partial charge on any atom is -0.772 e. The number of nitrogens with one attached hydrogen (secondary N) is 1. The normalized spacial score (nSPS) is 17.2. The Balaban J connectivity index is 1.94. The van der Waals surface area contributed by atoms with Crippen LogP contribution in [0.25, 0.3) is 0 Å². The second kappa shape index (κ2) is 9.36. The quantitative estimate of drug-likeness (QED) is 0.618. The molecule has 3 rings (SSSR count). The van der Waals surface area contributed by atoms with Gasteiger partial charge in [-0.05, 0) is 29.5 Å². The molecule has 2 atom stereocenters. The van der Waals surface area contributed by atoms with E-state index in [4.69, 9.17) is 0 Å². The molecule has 5 nitrogen and oxygen atoms in total. The molecule has 1 aliphatic carbocycles. The van der Waals surface area contributed by atoms with Gasteiger partial charge in [0.1, 0.15) is 0 Å². The van der Waals surface area contributed by atoms with Gasteiger partial charge < -0.3 is 9.87 Å². The number of benzene rings is 1. The Labute approximate surface area is 173 Å². The van der Waals surface area contributed by atoms with Crippen LogP contribution in [0.1, 0.15) is 54.7 Å². The molecule has 2 unspecified atom stereocenters. The van der Waals surface area contributed by atoms with E-state index < -0.39 is 40.4 Å². The number of amides is 1. The van der Waals surface area contributed by atoms with Crippen LogP contribution in [0.4, 0.5) is 18.3 Å². The smallest absolute Gasteiger partial charge is 0.416 e. The van der Waals surface area contributed by atoms with E-state index in [9.17, 15) is 26.7 Å². The highest BCUT2D eigenvalue weighted by molar-refractivity contribution is 7.78. The number of hydrogen-bond donors (Lipinski definition) is 1. The van der Waals surface area contributed by atoms with Gasteiger partial charge in [0.25, 0.3) is 0 Å². The Hall–Kier alpha value is -1.78. The van der Waals surface area contributed by atoms with Crippen LogP contribution >= 0.6 is 11.3 Å². The van der Waals surface area contributed by atoms with Gasteiger partial charge in [0.15, 0.2) is 5.13 Å². The number of hydrogen-bond acceptors (Lipinski definition) is 5. The van der Waals surface area contributed by atoms with Crippen LogP contribution in [0.5, 0.6) is 0 Å². The highest BCUT2D eigenvalue weighted by atomic mass is 32.2. The molecule has 1 heterocycles. The second-order valence-corrected chi connectivity index (χ2v) is 8.92. The fourth-order valence-corrected chi connectivity index (χ4v) is 4.82. The summed E-state index contributed by atoms with van der Waals surface area (Å²) in [5, 5.41) is 4.77. The van der Waals surface area contributed by atoms with E-state index in [0.717, 1.165) is 37.8 Å². The van der Waals surface area contributed by atoms with Crippen molar-refractivity contribution in [2.75, 3.05) is 5.32 Å². The van der Waals surface area contributed by atoms with Gasteiger partial charge in [0.05, 0.1) is 11.5 Å². The number of halogens is 3. The fraction of sp³-hybridized carbons (Fsp3) is 0.474. The molecule has 1 N–H and O–H groups in total. The number of rotatable bonds is 7. The second-order valence-electron chi connectivity index (χ2n) is 7.13. The number of alkyl halides is 3. The third kappa shape index (κ3) is 5.86. The van der Waals surface area contributed by atoms with E-state index in [1.54, 1.807) is 5.38 Å². The van der Waals surface area contributed by atoms with Gasteiger partial charge in [-0.15, -0.1) is 11.3 Å². The molecule has 1 aliphatic rings. The van der Waals surface area contributed by atoms with Gasteiger partial charge in [-0.3, -0.25) is 9.00 Å². The third-order valence-corrected chi connectivity index (χ3v) is 6.37. The lowest BCUT2D eigenvalue weighted by atomic mass is 9.86. The molecular weight excluding hydrogens is 425 g/mol. The molecule has 158 valence electrons. The summed E-state index contributed by atoms with van der Waals surface area (Å²) < 4.78 is 62.5. The summed E-state index contributed by atoms with van der Waals surface area (Å²) in [6, 6.07) is 3.51. The van der Waals surface area contributed by atoms with Crippen molar-refractivity contribution in [3.8, 4) is 0 Å². The molecule has 1 saturated carbocycles. The minimum atomic E-state index is -4.71. The summed E-state index contributed by atoms with van der Waals surface area (Å²) in [5.74, 6) is -1.63. The summed E-state index contributed by atoms with van der Waals surface area (Å²) in [4.78, 5) is 16.9. The predicted octanol–water partition coefficient (Wildman–Crippen LogP) is 4.84. The summed E-state index contributed by atoms with van der Waals surface area (Å²) in [6.45, 7) is 0. The first-order chi connectivity index (χ1) is 13.7. The van der Waals surface area contributed by atoms with E-state index in [-0.39, 0.29) is 17.0 Å². The zero-order valence-corrected chi connectivity index (χ0v) is 17.0. The number of anilines is 1. The fourth-order valence-electron chi connectivity index (χ4n) is 3.78. The largest absolute Gasteiger partial charge is 0.772 e. The molecule has 0 bridgehead atoms. The van der Waals surface area contributed by atoms with Crippen molar-refractivity contribution < 1.29 is 26.7 Å². The molecule has 10 heteroatoms. The molecule has 1 aromatic carbocycles.